The second-order valence-electron chi connectivity index (χ2n) is 7.91. The van der Waals surface area contributed by atoms with Gasteiger partial charge in [0, 0.05) is 6.26 Å². The van der Waals surface area contributed by atoms with Crippen molar-refractivity contribution in [1.82, 2.24) is 5.32 Å². The Hall–Kier alpha value is -3.24. The summed E-state index contributed by atoms with van der Waals surface area (Å²) in [6.07, 6.45) is 1.10. The number of nitrogens with zero attached hydrogens (tertiary/aromatic N) is 1. The van der Waals surface area contributed by atoms with E-state index in [1.165, 1.54) is 42.5 Å². The van der Waals surface area contributed by atoms with Crippen LogP contribution in [-0.2, 0) is 24.7 Å². The molecule has 7 nitrogen and oxygen atoms in total. The average Bonchev–Trinajstić information content (AvgIpc) is 2.78. The lowest BCUT2D eigenvalue weighted by Crippen LogP contribution is -2.42. The van der Waals surface area contributed by atoms with Crippen molar-refractivity contribution in [3.63, 3.8) is 0 Å². The molecule has 3 aromatic carbocycles. The van der Waals surface area contributed by atoms with Crippen molar-refractivity contribution in [3.8, 4) is 0 Å². The van der Waals surface area contributed by atoms with Crippen LogP contribution in [0.25, 0.3) is 0 Å². The van der Waals surface area contributed by atoms with Crippen molar-refractivity contribution in [2.45, 2.75) is 29.7 Å². The minimum absolute atomic E-state index is 0.0708. The van der Waals surface area contributed by atoms with E-state index in [1.807, 2.05) is 6.92 Å². The van der Waals surface area contributed by atoms with Crippen molar-refractivity contribution < 1.29 is 26.0 Å². The number of hydrogen-bond acceptors (Lipinski definition) is 5. The fourth-order valence-electron chi connectivity index (χ4n) is 3.30. The second-order valence-corrected chi connectivity index (χ2v) is 11.8. The molecule has 0 saturated heterocycles. The molecule has 1 unspecified atom stereocenters. The van der Waals surface area contributed by atoms with Gasteiger partial charge >= 0.3 is 0 Å². The topological polar surface area (TPSA) is 101 Å². The Bertz CT molecular complexity index is 1390. The van der Waals surface area contributed by atoms with Gasteiger partial charge in [0.1, 0.15) is 12.4 Å². The minimum atomic E-state index is -4.25. The molecule has 0 saturated carbocycles. The number of rotatable bonds is 8. The molecule has 0 radical (unpaired) electrons. The number of anilines is 1. The van der Waals surface area contributed by atoms with Gasteiger partial charge in [-0.25, -0.2) is 21.2 Å². The fraction of sp³-hybridized carbons (Fsp3) is 0.208. The van der Waals surface area contributed by atoms with E-state index in [2.05, 4.69) is 5.32 Å². The molecule has 1 N–H and O–H groups in total. The molecule has 0 aliphatic heterocycles. The standard InChI is InChI=1S/C24H25FN2O5S2/c1-17-8-12-21(13-9-17)34(31,32)27(23-7-5-4-6-22(23)25)16-24(28)26-18(2)19-10-14-20(15-11-19)33(3,29)30/h4-15,18H,16H2,1-3H3,(H,26,28). The number of amides is 1. The molecule has 3 aromatic rings. The molecule has 1 atom stereocenters. The first-order chi connectivity index (χ1) is 15.9. The molecule has 0 aliphatic rings. The number of hydrogen-bond donors (Lipinski definition) is 1. The number of aryl methyl sites for hydroxylation is 1. The van der Waals surface area contributed by atoms with E-state index in [0.29, 0.717) is 5.56 Å². The predicted molar refractivity (Wildman–Crippen MR) is 128 cm³/mol. The van der Waals surface area contributed by atoms with Crippen LogP contribution in [0.15, 0.2) is 82.6 Å². The summed E-state index contributed by atoms with van der Waals surface area (Å²) >= 11 is 0. The van der Waals surface area contributed by atoms with Crippen molar-refractivity contribution >= 4 is 31.5 Å². The zero-order valence-corrected chi connectivity index (χ0v) is 20.5. The highest BCUT2D eigenvalue weighted by atomic mass is 32.2. The molecule has 0 aromatic heterocycles. The molecule has 0 fully saturated rings. The Morgan fingerprint density at radius 1 is 0.912 bits per heavy atom. The van der Waals surface area contributed by atoms with Crippen molar-refractivity contribution in [2.24, 2.45) is 0 Å². The number of sulfone groups is 1. The molecule has 0 spiro atoms. The van der Waals surface area contributed by atoms with Crippen LogP contribution in [0.3, 0.4) is 0 Å². The lowest BCUT2D eigenvalue weighted by atomic mass is 10.1. The fourth-order valence-corrected chi connectivity index (χ4v) is 5.35. The quantitative estimate of drug-likeness (QED) is 0.505. The van der Waals surface area contributed by atoms with Crippen LogP contribution >= 0.6 is 0 Å². The van der Waals surface area contributed by atoms with Gasteiger partial charge in [0.05, 0.1) is 21.5 Å². The SMILES string of the molecule is Cc1ccc(S(=O)(=O)N(CC(=O)NC(C)c2ccc(S(C)(=O)=O)cc2)c2ccccc2F)cc1. The molecule has 1 amide bonds. The van der Waals surface area contributed by atoms with Crippen LogP contribution in [0.2, 0.25) is 0 Å². The average molecular weight is 505 g/mol. The van der Waals surface area contributed by atoms with E-state index < -0.39 is 44.2 Å². The summed E-state index contributed by atoms with van der Waals surface area (Å²) in [7, 11) is -7.61. The highest BCUT2D eigenvalue weighted by Gasteiger charge is 2.29. The van der Waals surface area contributed by atoms with Gasteiger partial charge in [-0.3, -0.25) is 9.10 Å². The molecule has 34 heavy (non-hydrogen) atoms. The highest BCUT2D eigenvalue weighted by Crippen LogP contribution is 2.26. The van der Waals surface area contributed by atoms with Gasteiger partial charge in [-0.05, 0) is 55.8 Å². The summed E-state index contributed by atoms with van der Waals surface area (Å²) in [5.41, 5.74) is 1.23. The third kappa shape index (κ3) is 5.81. The van der Waals surface area contributed by atoms with Crippen molar-refractivity contribution in [1.29, 1.82) is 0 Å². The number of benzene rings is 3. The molecular weight excluding hydrogens is 479 g/mol. The lowest BCUT2D eigenvalue weighted by molar-refractivity contribution is -0.120. The number of carbonyl (C=O) groups excluding carboxylic acids is 1. The summed E-state index contributed by atoms with van der Waals surface area (Å²) < 4.78 is 65.3. The molecule has 0 bridgehead atoms. The van der Waals surface area contributed by atoms with Gasteiger partial charge in [-0.1, -0.05) is 42.0 Å². The number of nitrogens with one attached hydrogen (secondary N) is 1. The van der Waals surface area contributed by atoms with Crippen LogP contribution in [0.1, 0.15) is 24.1 Å². The Kier molecular flexibility index (Phi) is 7.42. The van der Waals surface area contributed by atoms with Crippen molar-refractivity contribution in [2.75, 3.05) is 17.1 Å². The van der Waals surface area contributed by atoms with Crippen molar-refractivity contribution in [3.05, 3.63) is 89.7 Å². The Morgan fingerprint density at radius 2 is 1.47 bits per heavy atom. The van der Waals surface area contributed by atoms with Gasteiger partial charge in [0.25, 0.3) is 10.0 Å². The summed E-state index contributed by atoms with van der Waals surface area (Å²) in [5, 5.41) is 2.69. The Labute approximate surface area is 199 Å². The molecule has 10 heteroatoms. The summed E-state index contributed by atoms with van der Waals surface area (Å²) in [4.78, 5) is 12.9. The molecule has 3 rings (SSSR count). The maximum Gasteiger partial charge on any atom is 0.264 e. The Balaban J connectivity index is 1.87. The Morgan fingerprint density at radius 3 is 2.03 bits per heavy atom. The largest absolute Gasteiger partial charge is 0.348 e. The van der Waals surface area contributed by atoms with Gasteiger partial charge in [-0.2, -0.15) is 0 Å². The number of halogens is 1. The van der Waals surface area contributed by atoms with E-state index in [-0.39, 0.29) is 15.5 Å². The highest BCUT2D eigenvalue weighted by molar-refractivity contribution is 7.93. The smallest absolute Gasteiger partial charge is 0.264 e. The van der Waals surface area contributed by atoms with Crippen LogP contribution in [0, 0.1) is 12.7 Å². The molecular formula is C24H25FN2O5S2. The maximum atomic E-state index is 14.6. The zero-order chi connectivity index (χ0) is 25.1. The predicted octanol–water partition coefficient (Wildman–Crippen LogP) is 3.61. The minimum Gasteiger partial charge on any atom is -0.348 e. The van der Waals surface area contributed by atoms with E-state index in [4.69, 9.17) is 0 Å². The summed E-state index contributed by atoms with van der Waals surface area (Å²) in [6, 6.07) is 16.8. The second kappa shape index (κ2) is 9.94. The van der Waals surface area contributed by atoms with E-state index in [9.17, 15) is 26.0 Å². The van der Waals surface area contributed by atoms with E-state index >= 15 is 0 Å². The first kappa shape index (κ1) is 25.4. The summed E-state index contributed by atoms with van der Waals surface area (Å²) in [5.74, 6) is -1.44. The van der Waals surface area contributed by atoms with E-state index in [1.54, 1.807) is 31.2 Å². The number of para-hydroxylation sites is 1. The molecule has 180 valence electrons. The normalized spacial score (nSPS) is 12.7. The van der Waals surface area contributed by atoms with Gasteiger partial charge in [0.15, 0.2) is 9.84 Å². The first-order valence-electron chi connectivity index (χ1n) is 10.3. The number of carbonyl (C=O) groups is 1. The molecule has 0 heterocycles. The molecule has 0 aliphatic carbocycles. The van der Waals surface area contributed by atoms with Crippen LogP contribution in [0.4, 0.5) is 10.1 Å². The zero-order valence-electron chi connectivity index (χ0n) is 18.9. The van der Waals surface area contributed by atoms with Gasteiger partial charge in [0.2, 0.25) is 5.91 Å². The third-order valence-corrected chi connectivity index (χ3v) is 8.11. The monoisotopic (exact) mass is 504 g/mol. The van der Waals surface area contributed by atoms with Gasteiger partial charge in [-0.15, -0.1) is 0 Å². The maximum absolute atomic E-state index is 14.6. The number of sulfonamides is 1. The third-order valence-electron chi connectivity index (χ3n) is 5.20. The lowest BCUT2D eigenvalue weighted by Gasteiger charge is -2.25. The van der Waals surface area contributed by atoms with E-state index in [0.717, 1.165) is 22.2 Å². The van der Waals surface area contributed by atoms with Crippen LogP contribution < -0.4 is 9.62 Å². The van der Waals surface area contributed by atoms with Gasteiger partial charge < -0.3 is 5.32 Å². The summed E-state index contributed by atoms with van der Waals surface area (Å²) in [6.45, 7) is 2.83. The first-order valence-corrected chi connectivity index (χ1v) is 13.7. The van der Waals surface area contributed by atoms with Crippen LogP contribution in [-0.4, -0.2) is 35.5 Å². The van der Waals surface area contributed by atoms with Crippen LogP contribution in [0.5, 0.6) is 0 Å².